The number of hydrogen-bond acceptors (Lipinski definition) is 1. The summed E-state index contributed by atoms with van der Waals surface area (Å²) in [5.41, 5.74) is 0. The molecule has 1 aliphatic heterocycles. The summed E-state index contributed by atoms with van der Waals surface area (Å²) in [6, 6.07) is 2.96. The minimum Gasteiger partial charge on any atom is -0.491 e. The molecule has 0 saturated carbocycles. The van der Waals surface area contributed by atoms with Crippen molar-refractivity contribution in [2.75, 3.05) is 6.54 Å². The maximum atomic E-state index is 3.73. The quantitative estimate of drug-likeness (QED) is 0.442. The fraction of sp³-hybridized carbons (Fsp3) is 0.778. The molecule has 0 spiro atoms. The van der Waals surface area contributed by atoms with E-state index in [-0.39, 0.29) is 18.9 Å². The van der Waals surface area contributed by atoms with Gasteiger partial charge < -0.3 is 10.3 Å². The van der Waals surface area contributed by atoms with Crippen molar-refractivity contribution in [1.29, 1.82) is 0 Å². The largest absolute Gasteiger partial charge is 1.00 e. The van der Waals surface area contributed by atoms with Crippen LogP contribution in [0.5, 0.6) is 0 Å². The van der Waals surface area contributed by atoms with Gasteiger partial charge in [-0.2, -0.15) is 0 Å². The maximum absolute atomic E-state index is 3.73. The first-order chi connectivity index (χ1) is 5.40. The molecule has 4 heteroatoms. The molecule has 0 atom stereocenters. The SMILES string of the molecule is C=[C-]CN1[Si](C)(C)CC[Si]1(C)C.[Li+]. The second-order valence-corrected chi connectivity index (χ2v) is 14.7. The van der Waals surface area contributed by atoms with E-state index < -0.39 is 16.5 Å². The van der Waals surface area contributed by atoms with Gasteiger partial charge in [0.05, 0.1) is 0 Å². The number of nitrogens with zero attached hydrogens (tertiary/aromatic N) is 1. The van der Waals surface area contributed by atoms with Crippen molar-refractivity contribution in [3.05, 3.63) is 12.7 Å². The van der Waals surface area contributed by atoms with Gasteiger partial charge in [-0.3, -0.25) is 6.58 Å². The number of hydrogen-bond donors (Lipinski definition) is 0. The van der Waals surface area contributed by atoms with Crippen molar-refractivity contribution in [2.24, 2.45) is 0 Å². The fourth-order valence-corrected chi connectivity index (χ4v) is 16.0. The van der Waals surface area contributed by atoms with E-state index >= 15 is 0 Å². The van der Waals surface area contributed by atoms with Crippen LogP contribution in [0.15, 0.2) is 6.58 Å². The van der Waals surface area contributed by atoms with E-state index in [9.17, 15) is 0 Å². The molecule has 1 heterocycles. The van der Waals surface area contributed by atoms with Crippen molar-refractivity contribution < 1.29 is 18.9 Å². The Morgan fingerprint density at radius 2 is 1.54 bits per heavy atom. The van der Waals surface area contributed by atoms with Crippen molar-refractivity contribution in [3.63, 3.8) is 0 Å². The van der Waals surface area contributed by atoms with Crippen LogP contribution in [0.1, 0.15) is 0 Å². The van der Waals surface area contributed by atoms with Gasteiger partial charge in [0.2, 0.25) is 0 Å². The third-order valence-electron chi connectivity index (χ3n) is 3.08. The van der Waals surface area contributed by atoms with Crippen LogP contribution in [-0.2, 0) is 0 Å². The summed E-state index contributed by atoms with van der Waals surface area (Å²) in [6.45, 7) is 14.7. The molecule has 1 nitrogen and oxygen atoms in total. The van der Waals surface area contributed by atoms with Gasteiger partial charge in [0.15, 0.2) is 0 Å². The topological polar surface area (TPSA) is 3.24 Å². The molecule has 0 amide bonds. The molecule has 13 heavy (non-hydrogen) atoms. The van der Waals surface area contributed by atoms with E-state index in [0.717, 1.165) is 6.54 Å². The summed E-state index contributed by atoms with van der Waals surface area (Å²) >= 11 is 0. The van der Waals surface area contributed by atoms with Gasteiger partial charge in [-0.15, -0.1) is 6.54 Å². The van der Waals surface area contributed by atoms with Gasteiger partial charge in [-0.1, -0.05) is 26.2 Å². The predicted molar refractivity (Wildman–Crippen MR) is 60.2 cm³/mol. The standard InChI is InChI=1S/C9H20NSi2.Li/c1-6-7-10-11(2,3)8-9-12(10,4)5;/h1,7-9H2,2-5H3;/q-1;+1. The van der Waals surface area contributed by atoms with E-state index in [1.807, 2.05) is 0 Å². The molecule has 1 fully saturated rings. The van der Waals surface area contributed by atoms with Crippen LogP contribution < -0.4 is 18.9 Å². The molecule has 1 aliphatic rings. The van der Waals surface area contributed by atoms with Gasteiger partial charge in [-0.05, 0) is 12.1 Å². The van der Waals surface area contributed by atoms with Gasteiger partial charge in [-0.25, -0.2) is 0 Å². The Hall–Kier alpha value is 0.731. The van der Waals surface area contributed by atoms with Gasteiger partial charge >= 0.3 is 18.9 Å². The molecule has 1 saturated heterocycles. The zero-order chi connectivity index (χ0) is 9.41. The van der Waals surface area contributed by atoms with Gasteiger partial charge in [0.25, 0.3) is 0 Å². The molecule has 0 aromatic rings. The third kappa shape index (κ3) is 2.84. The molecule has 0 aromatic carbocycles. The van der Waals surface area contributed by atoms with Gasteiger partial charge in [0, 0.05) is 0 Å². The molecule has 0 bridgehead atoms. The van der Waals surface area contributed by atoms with Crippen molar-refractivity contribution in [2.45, 2.75) is 38.3 Å². The molecule has 0 unspecified atom stereocenters. The zero-order valence-corrected chi connectivity index (χ0v) is 11.8. The summed E-state index contributed by atoms with van der Waals surface area (Å²) in [7, 11) is -2.07. The molecular weight excluding hydrogens is 185 g/mol. The summed E-state index contributed by atoms with van der Waals surface area (Å²) in [4.78, 5) is 0. The van der Waals surface area contributed by atoms with E-state index in [4.69, 9.17) is 0 Å². The summed E-state index contributed by atoms with van der Waals surface area (Å²) < 4.78 is 2.77. The van der Waals surface area contributed by atoms with E-state index in [2.05, 4.69) is 43.1 Å². The Morgan fingerprint density at radius 1 is 1.15 bits per heavy atom. The second-order valence-electron chi connectivity index (χ2n) is 4.96. The molecule has 0 radical (unpaired) electrons. The molecule has 0 aromatic heterocycles. The fourth-order valence-electron chi connectivity index (χ4n) is 2.24. The minimum absolute atomic E-state index is 0. The minimum atomic E-state index is -1.03. The molecular formula is C9H20LiNSi2. The Kier molecular flexibility index (Phi) is 4.75. The van der Waals surface area contributed by atoms with E-state index in [1.165, 1.54) is 12.1 Å². The van der Waals surface area contributed by atoms with Crippen LogP contribution in [0, 0.1) is 6.08 Å². The van der Waals surface area contributed by atoms with Crippen LogP contribution in [-0.4, -0.2) is 27.2 Å². The van der Waals surface area contributed by atoms with E-state index in [0.29, 0.717) is 0 Å². The van der Waals surface area contributed by atoms with Crippen molar-refractivity contribution in [1.82, 2.24) is 4.23 Å². The maximum Gasteiger partial charge on any atom is 1.00 e. The van der Waals surface area contributed by atoms with Crippen molar-refractivity contribution in [3.8, 4) is 0 Å². The monoisotopic (exact) mass is 205 g/mol. The van der Waals surface area contributed by atoms with Gasteiger partial charge in [0.1, 0.15) is 16.5 Å². The normalized spacial score (nSPS) is 25.2. The van der Waals surface area contributed by atoms with Crippen LogP contribution in [0.25, 0.3) is 0 Å². The zero-order valence-electron chi connectivity index (χ0n) is 9.78. The van der Waals surface area contributed by atoms with Crippen LogP contribution in [0.3, 0.4) is 0 Å². The summed E-state index contributed by atoms with van der Waals surface area (Å²) in [6.07, 6.45) is 3.07. The van der Waals surface area contributed by atoms with Crippen LogP contribution in [0.2, 0.25) is 38.3 Å². The molecule has 0 N–H and O–H groups in total. The first kappa shape index (κ1) is 13.7. The summed E-state index contributed by atoms with van der Waals surface area (Å²) in [5.74, 6) is 0. The Morgan fingerprint density at radius 3 is 1.85 bits per heavy atom. The van der Waals surface area contributed by atoms with Crippen LogP contribution >= 0.6 is 0 Å². The van der Waals surface area contributed by atoms with Crippen LogP contribution in [0.4, 0.5) is 0 Å². The average Bonchev–Trinajstić information content (AvgIpc) is 2.13. The smallest absolute Gasteiger partial charge is 0.491 e. The van der Waals surface area contributed by atoms with Crippen molar-refractivity contribution >= 4 is 16.5 Å². The predicted octanol–water partition coefficient (Wildman–Crippen LogP) is -0.295. The Balaban J connectivity index is 0.00000144. The number of rotatable bonds is 2. The Labute approximate surface area is 96.9 Å². The molecule has 1 rings (SSSR count). The summed E-state index contributed by atoms with van der Waals surface area (Å²) in [5, 5.41) is 0. The van der Waals surface area contributed by atoms with E-state index in [1.54, 1.807) is 0 Å². The molecule has 0 aliphatic carbocycles. The third-order valence-corrected chi connectivity index (χ3v) is 13.4. The Bertz CT molecular complexity index is 176. The first-order valence-corrected chi connectivity index (χ1v) is 11.0. The second kappa shape index (κ2) is 4.50. The molecule has 70 valence electrons. The average molecular weight is 205 g/mol. The first-order valence-electron chi connectivity index (χ1n) is 4.68.